The van der Waals surface area contributed by atoms with Crippen LogP contribution in [0.3, 0.4) is 0 Å². The molecular formula is C17H23NO2. The van der Waals surface area contributed by atoms with Crippen molar-refractivity contribution in [2.24, 2.45) is 5.73 Å². The predicted octanol–water partition coefficient (Wildman–Crippen LogP) is 1.94. The third-order valence-electron chi connectivity index (χ3n) is 3.78. The highest BCUT2D eigenvalue weighted by molar-refractivity contribution is 5.39. The van der Waals surface area contributed by atoms with Crippen LogP contribution < -0.4 is 5.73 Å². The Balaban J connectivity index is 2.04. The maximum atomic E-state index is 10.4. The monoisotopic (exact) mass is 273 g/mol. The zero-order valence-corrected chi connectivity index (χ0v) is 11.8. The molecule has 1 saturated carbocycles. The fraction of sp³-hybridized carbons (Fsp3) is 0.529. The van der Waals surface area contributed by atoms with E-state index < -0.39 is 11.8 Å². The van der Waals surface area contributed by atoms with Gasteiger partial charge in [-0.2, -0.15) is 0 Å². The molecule has 0 saturated heterocycles. The Morgan fingerprint density at radius 3 is 2.70 bits per heavy atom. The van der Waals surface area contributed by atoms with Crippen LogP contribution in [0.2, 0.25) is 0 Å². The van der Waals surface area contributed by atoms with Gasteiger partial charge in [0.2, 0.25) is 0 Å². The van der Waals surface area contributed by atoms with E-state index in [0.29, 0.717) is 6.42 Å². The third kappa shape index (κ3) is 4.64. The number of aryl methyl sites for hydroxylation is 1. The minimum absolute atomic E-state index is 0.542. The van der Waals surface area contributed by atoms with Crippen molar-refractivity contribution in [3.8, 4) is 11.8 Å². The van der Waals surface area contributed by atoms with Crippen molar-refractivity contribution in [2.45, 2.75) is 56.8 Å². The van der Waals surface area contributed by atoms with Crippen LogP contribution in [0, 0.1) is 11.8 Å². The summed E-state index contributed by atoms with van der Waals surface area (Å²) in [5.74, 6) is 6.13. The molecule has 0 aromatic heterocycles. The lowest BCUT2D eigenvalue weighted by atomic mass is 9.85. The van der Waals surface area contributed by atoms with Gasteiger partial charge in [0, 0.05) is 5.56 Å². The lowest BCUT2D eigenvalue weighted by molar-refractivity contribution is 0.0610. The lowest BCUT2D eigenvalue weighted by Gasteiger charge is -2.26. The number of nitrogens with two attached hydrogens (primary N) is 1. The van der Waals surface area contributed by atoms with E-state index in [0.717, 1.165) is 43.2 Å². The largest absolute Gasteiger partial charge is 0.379 e. The smallest absolute Gasteiger partial charge is 0.125 e. The standard InChI is InChI=1S/C17H23NO2/c18-16(19)8-7-14-5-4-6-15(13-14)9-12-17(20)10-2-1-3-11-17/h4-6,13,16,19-20H,1-3,7-8,10-11,18H2. The molecule has 108 valence electrons. The Morgan fingerprint density at radius 1 is 1.25 bits per heavy atom. The second-order valence-electron chi connectivity index (χ2n) is 5.65. The average molecular weight is 273 g/mol. The number of benzene rings is 1. The van der Waals surface area contributed by atoms with Crippen molar-refractivity contribution in [1.82, 2.24) is 0 Å². The molecule has 1 unspecified atom stereocenters. The highest BCUT2D eigenvalue weighted by atomic mass is 16.3. The lowest BCUT2D eigenvalue weighted by Crippen LogP contribution is -2.29. The Bertz CT molecular complexity index is 493. The van der Waals surface area contributed by atoms with Crippen LogP contribution in [0.1, 0.15) is 49.7 Å². The first-order chi connectivity index (χ1) is 9.57. The predicted molar refractivity (Wildman–Crippen MR) is 79.9 cm³/mol. The average Bonchev–Trinajstić information content (AvgIpc) is 2.44. The fourth-order valence-electron chi connectivity index (χ4n) is 2.57. The van der Waals surface area contributed by atoms with Gasteiger partial charge in [-0.25, -0.2) is 0 Å². The van der Waals surface area contributed by atoms with Crippen LogP contribution in [0.5, 0.6) is 0 Å². The highest BCUT2D eigenvalue weighted by Gasteiger charge is 2.26. The van der Waals surface area contributed by atoms with Gasteiger partial charge in [0.1, 0.15) is 11.8 Å². The molecule has 4 N–H and O–H groups in total. The second-order valence-corrected chi connectivity index (χ2v) is 5.65. The molecule has 3 nitrogen and oxygen atoms in total. The molecule has 1 fully saturated rings. The summed E-state index contributed by atoms with van der Waals surface area (Å²) < 4.78 is 0. The van der Waals surface area contributed by atoms with E-state index >= 15 is 0 Å². The molecule has 3 heteroatoms. The Kier molecular flexibility index (Phi) is 5.19. The number of hydrogen-bond donors (Lipinski definition) is 3. The SMILES string of the molecule is NC(O)CCc1cccc(C#CC2(O)CCCCC2)c1. The molecular weight excluding hydrogens is 250 g/mol. The Morgan fingerprint density at radius 2 is 2.00 bits per heavy atom. The summed E-state index contributed by atoms with van der Waals surface area (Å²) >= 11 is 0. The highest BCUT2D eigenvalue weighted by Crippen LogP contribution is 2.27. The normalized spacial score (nSPS) is 18.9. The van der Waals surface area contributed by atoms with Crippen LogP contribution in [-0.4, -0.2) is 22.0 Å². The molecule has 0 aliphatic heterocycles. The Labute approximate surface area is 120 Å². The van der Waals surface area contributed by atoms with E-state index in [-0.39, 0.29) is 0 Å². The summed E-state index contributed by atoms with van der Waals surface area (Å²) in [6, 6.07) is 7.90. The minimum atomic E-state index is -0.804. The molecule has 0 heterocycles. The zero-order valence-electron chi connectivity index (χ0n) is 11.8. The van der Waals surface area contributed by atoms with Crippen LogP contribution in [0.25, 0.3) is 0 Å². The molecule has 0 bridgehead atoms. The van der Waals surface area contributed by atoms with E-state index in [9.17, 15) is 5.11 Å². The van der Waals surface area contributed by atoms with E-state index in [1.165, 1.54) is 6.42 Å². The number of aliphatic hydroxyl groups is 2. The van der Waals surface area contributed by atoms with Crippen molar-refractivity contribution >= 4 is 0 Å². The summed E-state index contributed by atoms with van der Waals surface area (Å²) in [5.41, 5.74) is 6.56. The van der Waals surface area contributed by atoms with Crippen molar-refractivity contribution in [1.29, 1.82) is 0 Å². The maximum absolute atomic E-state index is 10.4. The summed E-state index contributed by atoms with van der Waals surface area (Å²) in [7, 11) is 0. The second kappa shape index (κ2) is 6.90. The summed E-state index contributed by atoms with van der Waals surface area (Å²) in [5, 5.41) is 19.5. The molecule has 20 heavy (non-hydrogen) atoms. The Hall–Kier alpha value is -1.34. The zero-order chi connectivity index (χ0) is 14.4. The first kappa shape index (κ1) is 15.1. The van der Waals surface area contributed by atoms with Gasteiger partial charge in [-0.1, -0.05) is 30.4 Å². The van der Waals surface area contributed by atoms with Gasteiger partial charge in [-0.3, -0.25) is 0 Å². The van der Waals surface area contributed by atoms with Gasteiger partial charge in [-0.05, 0) is 56.2 Å². The first-order valence-corrected chi connectivity index (χ1v) is 7.36. The van der Waals surface area contributed by atoms with Gasteiger partial charge in [-0.15, -0.1) is 0 Å². The third-order valence-corrected chi connectivity index (χ3v) is 3.78. The van der Waals surface area contributed by atoms with E-state index in [2.05, 4.69) is 11.8 Å². The van der Waals surface area contributed by atoms with Gasteiger partial charge >= 0.3 is 0 Å². The van der Waals surface area contributed by atoms with E-state index in [4.69, 9.17) is 10.8 Å². The number of hydrogen-bond acceptors (Lipinski definition) is 3. The van der Waals surface area contributed by atoms with Gasteiger partial charge in [0.15, 0.2) is 0 Å². The molecule has 1 aliphatic carbocycles. The fourth-order valence-corrected chi connectivity index (χ4v) is 2.57. The van der Waals surface area contributed by atoms with Gasteiger partial charge < -0.3 is 15.9 Å². The molecule has 1 aromatic rings. The quantitative estimate of drug-likeness (QED) is 0.582. The van der Waals surface area contributed by atoms with E-state index in [1.807, 2.05) is 24.3 Å². The summed E-state index contributed by atoms with van der Waals surface area (Å²) in [6.45, 7) is 0. The minimum Gasteiger partial charge on any atom is -0.379 e. The number of aliphatic hydroxyl groups excluding tert-OH is 1. The summed E-state index contributed by atoms with van der Waals surface area (Å²) in [6.07, 6.45) is 5.36. The number of rotatable bonds is 3. The van der Waals surface area contributed by atoms with Crippen LogP contribution >= 0.6 is 0 Å². The molecule has 1 aliphatic rings. The van der Waals surface area contributed by atoms with Crippen molar-refractivity contribution < 1.29 is 10.2 Å². The van der Waals surface area contributed by atoms with Crippen molar-refractivity contribution in [3.63, 3.8) is 0 Å². The molecule has 1 atom stereocenters. The summed E-state index contributed by atoms with van der Waals surface area (Å²) in [4.78, 5) is 0. The van der Waals surface area contributed by atoms with Crippen LogP contribution in [-0.2, 0) is 6.42 Å². The molecule has 0 amide bonds. The van der Waals surface area contributed by atoms with Crippen LogP contribution in [0.15, 0.2) is 24.3 Å². The maximum Gasteiger partial charge on any atom is 0.125 e. The molecule has 0 spiro atoms. The molecule has 1 aromatic carbocycles. The molecule has 0 radical (unpaired) electrons. The van der Waals surface area contributed by atoms with Gasteiger partial charge in [0.05, 0.1) is 0 Å². The van der Waals surface area contributed by atoms with Crippen molar-refractivity contribution in [3.05, 3.63) is 35.4 Å². The van der Waals surface area contributed by atoms with Crippen LogP contribution in [0.4, 0.5) is 0 Å². The van der Waals surface area contributed by atoms with Crippen molar-refractivity contribution in [2.75, 3.05) is 0 Å². The van der Waals surface area contributed by atoms with Gasteiger partial charge in [0.25, 0.3) is 0 Å². The topological polar surface area (TPSA) is 66.5 Å². The first-order valence-electron chi connectivity index (χ1n) is 7.36. The molecule has 2 rings (SSSR count). The van der Waals surface area contributed by atoms with E-state index in [1.54, 1.807) is 0 Å².